The maximum Gasteiger partial charge on any atom is 0.228 e. The highest BCUT2D eigenvalue weighted by Gasteiger charge is 2.46. The zero-order chi connectivity index (χ0) is 12.6. The largest absolute Gasteiger partial charge is 0.369 e. The van der Waals surface area contributed by atoms with E-state index in [1.807, 2.05) is 42.6 Å². The fraction of sp³-hybridized carbons (Fsp3) is 0.267. The third-order valence-corrected chi connectivity index (χ3v) is 4.01. The number of nitrogens with one attached hydrogen (secondary N) is 1. The molecule has 3 rings (SSSR count). The van der Waals surface area contributed by atoms with Crippen LogP contribution in [0.25, 0.3) is 5.57 Å². The van der Waals surface area contributed by atoms with E-state index in [1.54, 1.807) is 0 Å². The smallest absolute Gasteiger partial charge is 0.228 e. The molecule has 1 aromatic rings. The molecule has 1 heterocycles. The van der Waals surface area contributed by atoms with E-state index in [2.05, 4.69) is 5.32 Å². The molecule has 1 aromatic carbocycles. The average molecular weight is 240 g/mol. The fourth-order valence-electron chi connectivity index (χ4n) is 2.81. The lowest BCUT2D eigenvalue weighted by Crippen LogP contribution is -2.43. The Labute approximate surface area is 106 Å². The lowest BCUT2D eigenvalue weighted by atomic mass is 9.61. The van der Waals surface area contributed by atoms with Gasteiger partial charge in [-0.15, -0.1) is 0 Å². The van der Waals surface area contributed by atoms with Crippen molar-refractivity contribution in [2.45, 2.75) is 19.3 Å². The van der Waals surface area contributed by atoms with Crippen LogP contribution >= 0.6 is 0 Å². The van der Waals surface area contributed by atoms with Crippen LogP contribution in [-0.2, 0) is 4.79 Å². The summed E-state index contributed by atoms with van der Waals surface area (Å²) in [6.07, 6.45) is 8.63. The van der Waals surface area contributed by atoms with Crippen molar-refractivity contribution in [2.24, 2.45) is 11.1 Å². The number of fused-ring (bicyclic) bond motifs is 1. The molecule has 1 saturated carbocycles. The highest BCUT2D eigenvalue weighted by atomic mass is 16.1. The van der Waals surface area contributed by atoms with E-state index in [0.717, 1.165) is 36.1 Å². The molecule has 1 aliphatic carbocycles. The third kappa shape index (κ3) is 1.47. The van der Waals surface area contributed by atoms with Crippen molar-refractivity contribution in [1.82, 2.24) is 0 Å². The number of primary amides is 1. The molecule has 3 N–H and O–H groups in total. The summed E-state index contributed by atoms with van der Waals surface area (Å²) in [6.45, 7) is 0. The van der Waals surface area contributed by atoms with Crippen molar-refractivity contribution in [3.63, 3.8) is 0 Å². The van der Waals surface area contributed by atoms with E-state index >= 15 is 0 Å². The van der Waals surface area contributed by atoms with Crippen LogP contribution in [0.1, 0.15) is 24.8 Å². The zero-order valence-electron chi connectivity index (χ0n) is 10.1. The minimum Gasteiger partial charge on any atom is -0.369 e. The fourth-order valence-corrected chi connectivity index (χ4v) is 2.81. The molecule has 1 aliphatic heterocycles. The number of carbonyl (C=O) groups is 1. The topological polar surface area (TPSA) is 55.1 Å². The second-order valence-corrected chi connectivity index (χ2v) is 4.93. The van der Waals surface area contributed by atoms with Gasteiger partial charge in [-0.25, -0.2) is 0 Å². The first kappa shape index (κ1) is 11.1. The number of amides is 1. The van der Waals surface area contributed by atoms with Gasteiger partial charge in [0, 0.05) is 17.5 Å². The van der Waals surface area contributed by atoms with Gasteiger partial charge in [0.05, 0.1) is 5.41 Å². The van der Waals surface area contributed by atoms with Crippen LogP contribution in [0.4, 0.5) is 5.69 Å². The zero-order valence-corrected chi connectivity index (χ0v) is 10.1. The number of anilines is 1. The molecule has 0 atom stereocenters. The summed E-state index contributed by atoms with van der Waals surface area (Å²) in [7, 11) is 0. The molecule has 3 nitrogen and oxygen atoms in total. The van der Waals surface area contributed by atoms with Crippen molar-refractivity contribution in [1.29, 1.82) is 0 Å². The van der Waals surface area contributed by atoms with Crippen LogP contribution in [-0.4, -0.2) is 5.91 Å². The Kier molecular flexibility index (Phi) is 2.47. The number of benzene rings is 1. The molecule has 0 spiro atoms. The first-order valence-electron chi connectivity index (χ1n) is 6.27. The van der Waals surface area contributed by atoms with Gasteiger partial charge < -0.3 is 11.1 Å². The number of rotatable bonds is 2. The lowest BCUT2D eigenvalue weighted by molar-refractivity contribution is -0.128. The van der Waals surface area contributed by atoms with Crippen molar-refractivity contribution in [2.75, 3.05) is 5.32 Å². The molecular weight excluding hydrogens is 224 g/mol. The summed E-state index contributed by atoms with van der Waals surface area (Å²) in [5, 5.41) is 3.23. The third-order valence-electron chi connectivity index (χ3n) is 4.01. The molecule has 2 aliphatic rings. The summed E-state index contributed by atoms with van der Waals surface area (Å²) >= 11 is 0. The van der Waals surface area contributed by atoms with Gasteiger partial charge in [-0.1, -0.05) is 30.7 Å². The maximum atomic E-state index is 11.9. The number of hydrogen-bond donors (Lipinski definition) is 2. The van der Waals surface area contributed by atoms with E-state index in [9.17, 15) is 4.79 Å². The summed E-state index contributed by atoms with van der Waals surface area (Å²) in [4.78, 5) is 11.9. The van der Waals surface area contributed by atoms with E-state index in [1.165, 1.54) is 0 Å². The van der Waals surface area contributed by atoms with Gasteiger partial charge in [0.1, 0.15) is 0 Å². The van der Waals surface area contributed by atoms with Crippen LogP contribution < -0.4 is 11.1 Å². The van der Waals surface area contributed by atoms with Crippen LogP contribution in [0.15, 0.2) is 42.6 Å². The highest BCUT2D eigenvalue weighted by molar-refractivity contribution is 5.99. The van der Waals surface area contributed by atoms with Gasteiger partial charge in [-0.05, 0) is 30.6 Å². The Hall–Kier alpha value is -2.03. The van der Waals surface area contributed by atoms with Crippen molar-refractivity contribution in [3.8, 4) is 0 Å². The SMILES string of the molecule is NC(=O)C1(C2=CC=CNc3ccccc32)CCC1. The summed E-state index contributed by atoms with van der Waals surface area (Å²) in [6, 6.07) is 8.05. The predicted molar refractivity (Wildman–Crippen MR) is 72.7 cm³/mol. The van der Waals surface area contributed by atoms with Gasteiger partial charge in [-0.3, -0.25) is 4.79 Å². The van der Waals surface area contributed by atoms with E-state index in [4.69, 9.17) is 5.73 Å². The van der Waals surface area contributed by atoms with Crippen LogP contribution in [0.2, 0.25) is 0 Å². The summed E-state index contributed by atoms with van der Waals surface area (Å²) in [5.41, 5.74) is 8.35. The number of hydrogen-bond acceptors (Lipinski definition) is 2. The maximum absolute atomic E-state index is 11.9. The van der Waals surface area contributed by atoms with Crippen LogP contribution in [0, 0.1) is 5.41 Å². The molecule has 3 heteroatoms. The molecule has 18 heavy (non-hydrogen) atoms. The highest BCUT2D eigenvalue weighted by Crippen LogP contribution is 2.52. The Morgan fingerprint density at radius 1 is 1.28 bits per heavy atom. The molecule has 0 saturated heterocycles. The average Bonchev–Trinajstić information content (AvgIpc) is 2.51. The molecule has 1 fully saturated rings. The van der Waals surface area contributed by atoms with E-state index in [-0.39, 0.29) is 5.91 Å². The minimum atomic E-state index is -0.466. The van der Waals surface area contributed by atoms with Gasteiger partial charge in [0.2, 0.25) is 5.91 Å². The molecule has 0 radical (unpaired) electrons. The lowest BCUT2D eigenvalue weighted by Gasteiger charge is -2.41. The van der Waals surface area contributed by atoms with Gasteiger partial charge in [-0.2, -0.15) is 0 Å². The van der Waals surface area contributed by atoms with E-state index < -0.39 is 5.41 Å². The first-order chi connectivity index (χ1) is 8.74. The predicted octanol–water partition coefficient (Wildman–Crippen LogP) is 2.66. The molecular formula is C15H16N2O. The monoisotopic (exact) mass is 240 g/mol. The molecule has 1 amide bonds. The normalized spacial score (nSPS) is 19.9. The van der Waals surface area contributed by atoms with Crippen molar-refractivity contribution < 1.29 is 4.79 Å². The van der Waals surface area contributed by atoms with E-state index in [0.29, 0.717) is 0 Å². The molecule has 0 unspecified atom stereocenters. The standard InChI is InChI=1S/C15H16N2O/c16-14(18)15(8-4-9-15)12-6-3-10-17-13-7-2-1-5-11(12)13/h1-3,5-7,10,17H,4,8-9H2,(H2,16,18). The van der Waals surface area contributed by atoms with Gasteiger partial charge >= 0.3 is 0 Å². The van der Waals surface area contributed by atoms with Crippen molar-refractivity contribution >= 4 is 17.2 Å². The molecule has 92 valence electrons. The first-order valence-corrected chi connectivity index (χ1v) is 6.27. The number of para-hydroxylation sites is 1. The van der Waals surface area contributed by atoms with Crippen LogP contribution in [0.5, 0.6) is 0 Å². The summed E-state index contributed by atoms with van der Waals surface area (Å²) in [5.74, 6) is -0.204. The van der Waals surface area contributed by atoms with Crippen molar-refractivity contribution in [3.05, 3.63) is 48.2 Å². The minimum absolute atomic E-state index is 0.204. The van der Waals surface area contributed by atoms with Crippen LogP contribution in [0.3, 0.4) is 0 Å². The second-order valence-electron chi connectivity index (χ2n) is 4.93. The Balaban J connectivity index is 2.15. The van der Waals surface area contributed by atoms with Gasteiger partial charge in [0.15, 0.2) is 0 Å². The Morgan fingerprint density at radius 3 is 2.72 bits per heavy atom. The quantitative estimate of drug-likeness (QED) is 0.835. The molecule has 0 bridgehead atoms. The Morgan fingerprint density at radius 2 is 2.06 bits per heavy atom. The second kappa shape index (κ2) is 4.02. The number of nitrogens with two attached hydrogens (primary N) is 1. The summed E-state index contributed by atoms with van der Waals surface area (Å²) < 4.78 is 0. The Bertz CT molecular complexity index is 553. The number of allylic oxidation sites excluding steroid dienone is 2. The van der Waals surface area contributed by atoms with Gasteiger partial charge in [0.25, 0.3) is 0 Å². The number of carbonyl (C=O) groups excluding carboxylic acids is 1. The molecule has 0 aromatic heterocycles.